The maximum absolute atomic E-state index is 13.2. The fourth-order valence-corrected chi connectivity index (χ4v) is 3.95. The lowest BCUT2D eigenvalue weighted by atomic mass is 9.99. The van der Waals surface area contributed by atoms with Crippen LogP contribution in [0.2, 0.25) is 0 Å². The van der Waals surface area contributed by atoms with Gasteiger partial charge in [-0.1, -0.05) is 36.4 Å². The first kappa shape index (κ1) is 20.2. The van der Waals surface area contributed by atoms with Crippen molar-refractivity contribution < 1.29 is 4.79 Å². The summed E-state index contributed by atoms with van der Waals surface area (Å²) in [5.74, 6) is -0.0731. The Bertz CT molecular complexity index is 1210. The van der Waals surface area contributed by atoms with Crippen molar-refractivity contribution in [2.45, 2.75) is 17.9 Å². The lowest BCUT2D eigenvalue weighted by Crippen LogP contribution is -2.32. The first-order chi connectivity index (χ1) is 14.4. The molecule has 1 amide bonds. The smallest absolute Gasteiger partial charge is 0.246 e. The number of rotatable bonds is 5. The van der Waals surface area contributed by atoms with Gasteiger partial charge in [0, 0.05) is 21.5 Å². The highest BCUT2D eigenvalue weighted by Crippen LogP contribution is 2.30. The molecular formula is C24H24N4OS. The van der Waals surface area contributed by atoms with E-state index in [0.29, 0.717) is 0 Å². The van der Waals surface area contributed by atoms with Gasteiger partial charge in [-0.2, -0.15) is 5.10 Å². The van der Waals surface area contributed by atoms with Crippen molar-refractivity contribution in [3.05, 3.63) is 77.9 Å². The summed E-state index contributed by atoms with van der Waals surface area (Å²) >= 11 is 4.43. The largest absolute Gasteiger partial charge is 0.324 e. The maximum atomic E-state index is 13.2. The highest BCUT2D eigenvalue weighted by atomic mass is 32.1. The number of aromatic nitrogens is 2. The molecule has 30 heavy (non-hydrogen) atoms. The van der Waals surface area contributed by atoms with Crippen LogP contribution < -0.4 is 5.32 Å². The van der Waals surface area contributed by atoms with E-state index in [0.717, 1.165) is 43.9 Å². The fourth-order valence-electron chi connectivity index (χ4n) is 3.72. The van der Waals surface area contributed by atoms with Crippen LogP contribution in [0.4, 0.5) is 5.69 Å². The number of fused-ring (bicyclic) bond motifs is 1. The van der Waals surface area contributed by atoms with Crippen molar-refractivity contribution in [1.82, 2.24) is 15.1 Å². The van der Waals surface area contributed by atoms with Crippen LogP contribution in [0.3, 0.4) is 0 Å². The van der Waals surface area contributed by atoms with Crippen molar-refractivity contribution in [1.29, 1.82) is 0 Å². The Morgan fingerprint density at radius 2 is 1.87 bits per heavy atom. The average Bonchev–Trinajstić information content (AvgIpc) is 3.12. The molecule has 1 unspecified atom stereocenters. The van der Waals surface area contributed by atoms with Gasteiger partial charge in [0.2, 0.25) is 5.91 Å². The topological polar surface area (TPSA) is 61.0 Å². The normalized spacial score (nSPS) is 12.3. The Kier molecular flexibility index (Phi) is 5.61. The van der Waals surface area contributed by atoms with E-state index in [1.165, 1.54) is 0 Å². The second-order valence-corrected chi connectivity index (χ2v) is 8.11. The molecule has 6 heteroatoms. The average molecular weight is 417 g/mol. The monoisotopic (exact) mass is 416 g/mol. The second kappa shape index (κ2) is 8.34. The van der Waals surface area contributed by atoms with Gasteiger partial charge < -0.3 is 5.32 Å². The molecule has 152 valence electrons. The standard InChI is InChI=1S/C24H24N4OS/c1-15-7-4-5-10-19(15)23(28(2)3)24(29)25-17-11-12-21-20(14-17)22(27-26-21)16-8-6-9-18(30)13-16/h4-14,23,30H,1-3H3,(H,25,29)(H,26,27). The third-order valence-electron chi connectivity index (χ3n) is 5.20. The number of hydrogen-bond acceptors (Lipinski definition) is 4. The summed E-state index contributed by atoms with van der Waals surface area (Å²) in [5, 5.41) is 11.6. The molecule has 4 aromatic rings. The van der Waals surface area contributed by atoms with Crippen LogP contribution >= 0.6 is 12.6 Å². The van der Waals surface area contributed by atoms with Crippen molar-refractivity contribution in [2.24, 2.45) is 0 Å². The number of carbonyl (C=O) groups excluding carboxylic acids is 1. The number of thiol groups is 1. The van der Waals surface area contributed by atoms with Crippen LogP contribution in [-0.4, -0.2) is 35.1 Å². The fraction of sp³-hybridized carbons (Fsp3) is 0.167. The van der Waals surface area contributed by atoms with E-state index >= 15 is 0 Å². The van der Waals surface area contributed by atoms with E-state index < -0.39 is 0 Å². The first-order valence-corrected chi connectivity index (χ1v) is 10.2. The number of likely N-dealkylation sites (N-methyl/N-ethyl adjacent to an activating group) is 1. The van der Waals surface area contributed by atoms with Gasteiger partial charge in [-0.3, -0.25) is 14.8 Å². The SMILES string of the molecule is Cc1ccccc1C(C(=O)Nc1ccc2[nH]nc(-c3cccc(S)c3)c2c1)N(C)C. The summed E-state index contributed by atoms with van der Waals surface area (Å²) in [5.41, 5.74) is 5.54. The summed E-state index contributed by atoms with van der Waals surface area (Å²) in [6, 6.07) is 21.2. The van der Waals surface area contributed by atoms with E-state index in [4.69, 9.17) is 0 Å². The minimum Gasteiger partial charge on any atom is -0.324 e. The van der Waals surface area contributed by atoms with Crippen molar-refractivity contribution in [3.63, 3.8) is 0 Å². The molecule has 0 aliphatic heterocycles. The number of aromatic amines is 1. The zero-order valence-corrected chi connectivity index (χ0v) is 18.1. The van der Waals surface area contributed by atoms with Crippen LogP contribution in [0.15, 0.2) is 71.6 Å². The van der Waals surface area contributed by atoms with Crippen LogP contribution in [0.5, 0.6) is 0 Å². The van der Waals surface area contributed by atoms with Gasteiger partial charge in [0.25, 0.3) is 0 Å². The van der Waals surface area contributed by atoms with Gasteiger partial charge in [0.1, 0.15) is 11.7 Å². The zero-order chi connectivity index (χ0) is 21.3. The minimum absolute atomic E-state index is 0.0731. The van der Waals surface area contributed by atoms with Crippen LogP contribution in [0, 0.1) is 6.92 Å². The van der Waals surface area contributed by atoms with Crippen molar-refractivity contribution >= 4 is 35.1 Å². The maximum Gasteiger partial charge on any atom is 0.246 e. The van der Waals surface area contributed by atoms with Gasteiger partial charge in [-0.25, -0.2) is 0 Å². The van der Waals surface area contributed by atoms with Gasteiger partial charge >= 0.3 is 0 Å². The first-order valence-electron chi connectivity index (χ1n) is 9.74. The van der Waals surface area contributed by atoms with Crippen LogP contribution in [-0.2, 0) is 4.79 Å². The molecule has 0 fully saturated rings. The Morgan fingerprint density at radius 1 is 1.07 bits per heavy atom. The molecule has 5 nitrogen and oxygen atoms in total. The lowest BCUT2D eigenvalue weighted by Gasteiger charge is -2.25. The van der Waals surface area contributed by atoms with E-state index in [-0.39, 0.29) is 11.9 Å². The molecule has 0 saturated heterocycles. The van der Waals surface area contributed by atoms with Crippen LogP contribution in [0.1, 0.15) is 17.2 Å². The number of carbonyl (C=O) groups is 1. The quantitative estimate of drug-likeness (QED) is 0.398. The number of H-pyrrole nitrogens is 1. The van der Waals surface area contributed by atoms with E-state index in [9.17, 15) is 4.79 Å². The van der Waals surface area contributed by atoms with E-state index in [1.54, 1.807) is 0 Å². The second-order valence-electron chi connectivity index (χ2n) is 7.59. The molecule has 0 aliphatic rings. The summed E-state index contributed by atoms with van der Waals surface area (Å²) in [4.78, 5) is 16.0. The molecule has 0 aliphatic carbocycles. The number of amides is 1. The Balaban J connectivity index is 1.67. The molecule has 0 radical (unpaired) electrons. The predicted octanol–water partition coefficient (Wildman–Crippen LogP) is 5.07. The molecule has 3 aromatic carbocycles. The minimum atomic E-state index is -0.383. The number of anilines is 1. The van der Waals surface area contributed by atoms with E-state index in [1.807, 2.05) is 92.6 Å². The van der Waals surface area contributed by atoms with E-state index in [2.05, 4.69) is 28.1 Å². The third-order valence-corrected chi connectivity index (χ3v) is 5.48. The molecule has 0 bridgehead atoms. The summed E-state index contributed by atoms with van der Waals surface area (Å²) in [6.07, 6.45) is 0. The molecule has 1 heterocycles. The molecule has 4 rings (SSSR count). The molecule has 2 N–H and O–H groups in total. The summed E-state index contributed by atoms with van der Waals surface area (Å²) < 4.78 is 0. The van der Waals surface area contributed by atoms with Crippen molar-refractivity contribution in [3.8, 4) is 11.3 Å². The van der Waals surface area contributed by atoms with Crippen LogP contribution in [0.25, 0.3) is 22.2 Å². The molecule has 0 saturated carbocycles. The van der Waals surface area contributed by atoms with Gasteiger partial charge in [-0.15, -0.1) is 12.6 Å². The van der Waals surface area contributed by atoms with Crippen molar-refractivity contribution in [2.75, 3.05) is 19.4 Å². The zero-order valence-electron chi connectivity index (χ0n) is 17.2. The highest BCUT2D eigenvalue weighted by molar-refractivity contribution is 7.80. The lowest BCUT2D eigenvalue weighted by molar-refractivity contribution is -0.120. The summed E-state index contributed by atoms with van der Waals surface area (Å²) in [6.45, 7) is 2.03. The summed E-state index contributed by atoms with van der Waals surface area (Å²) in [7, 11) is 3.83. The van der Waals surface area contributed by atoms with Gasteiger partial charge in [0.05, 0.1) is 5.52 Å². The number of nitrogens with zero attached hydrogens (tertiary/aromatic N) is 2. The third kappa shape index (κ3) is 3.97. The predicted molar refractivity (Wildman–Crippen MR) is 125 cm³/mol. The molecule has 1 atom stereocenters. The number of aryl methyl sites for hydroxylation is 1. The Labute approximate surface area is 181 Å². The molecular weight excluding hydrogens is 392 g/mol. The number of hydrogen-bond donors (Lipinski definition) is 3. The number of nitrogens with one attached hydrogen (secondary N) is 2. The van der Waals surface area contributed by atoms with Gasteiger partial charge in [0.15, 0.2) is 0 Å². The Morgan fingerprint density at radius 3 is 2.60 bits per heavy atom. The molecule has 0 spiro atoms. The van der Waals surface area contributed by atoms with Gasteiger partial charge in [-0.05, 0) is 62.5 Å². The Hall–Kier alpha value is -3.09. The molecule has 1 aromatic heterocycles. The highest BCUT2D eigenvalue weighted by Gasteiger charge is 2.24. The number of benzene rings is 3.